The smallest absolute Gasteiger partial charge is 0.343 e. The fraction of sp³-hybridized carbons (Fsp3) is 0.250. The normalized spacial score (nSPS) is 17.4. The minimum absolute atomic E-state index is 0.0620. The van der Waals surface area contributed by atoms with Gasteiger partial charge in [0.25, 0.3) is 0 Å². The lowest BCUT2D eigenvalue weighted by molar-refractivity contribution is -0.145. The molecule has 1 fully saturated rings. The number of aromatic nitrogens is 2. The van der Waals surface area contributed by atoms with Crippen LogP contribution in [0.2, 0.25) is 5.02 Å². The highest BCUT2D eigenvalue weighted by Gasteiger charge is 2.35. The molecule has 29 heavy (non-hydrogen) atoms. The molecule has 13 heteroatoms. The molecule has 1 aliphatic heterocycles. The standard InChI is InChI=1S/C16H11ClF5N5O2/c17-10-8(18)2-1-7(11(10)19)12(27-13(28)9-5-25-15(29)26-9)6-3-23-14(24-4-6)16(20,21)22/h1-4,9,12H,5H2,(H,27,28)(H2,25,26,29)/t9?,12-/m0/s1. The van der Waals surface area contributed by atoms with Gasteiger partial charge in [0.05, 0.1) is 6.04 Å². The highest BCUT2D eigenvalue weighted by atomic mass is 35.5. The molecule has 7 nitrogen and oxygen atoms in total. The molecule has 2 heterocycles. The maximum absolute atomic E-state index is 14.5. The average Bonchev–Trinajstić information content (AvgIpc) is 3.11. The van der Waals surface area contributed by atoms with Crippen molar-refractivity contribution in [2.45, 2.75) is 18.3 Å². The van der Waals surface area contributed by atoms with Crippen LogP contribution in [0.25, 0.3) is 0 Å². The molecule has 0 bridgehead atoms. The number of carbonyl (C=O) groups excluding carboxylic acids is 2. The van der Waals surface area contributed by atoms with Crippen LogP contribution < -0.4 is 16.0 Å². The van der Waals surface area contributed by atoms with Gasteiger partial charge in [-0.15, -0.1) is 0 Å². The maximum Gasteiger partial charge on any atom is 0.451 e. The van der Waals surface area contributed by atoms with Crippen molar-refractivity contribution in [1.29, 1.82) is 0 Å². The summed E-state index contributed by atoms with van der Waals surface area (Å²) >= 11 is 5.57. The minimum Gasteiger partial charge on any atom is -0.343 e. The highest BCUT2D eigenvalue weighted by Crippen LogP contribution is 2.31. The molecule has 2 aromatic rings. The van der Waals surface area contributed by atoms with E-state index in [1.165, 1.54) is 0 Å². The molecule has 0 aliphatic carbocycles. The number of carbonyl (C=O) groups is 2. The lowest BCUT2D eigenvalue weighted by Gasteiger charge is -2.22. The van der Waals surface area contributed by atoms with Crippen molar-refractivity contribution < 1.29 is 31.5 Å². The van der Waals surface area contributed by atoms with Crippen molar-refractivity contribution in [2.75, 3.05) is 6.54 Å². The topological polar surface area (TPSA) is 96.0 Å². The Morgan fingerprint density at radius 2 is 1.90 bits per heavy atom. The molecule has 154 valence electrons. The van der Waals surface area contributed by atoms with Crippen LogP contribution in [0.4, 0.5) is 26.7 Å². The highest BCUT2D eigenvalue weighted by molar-refractivity contribution is 6.31. The zero-order valence-corrected chi connectivity index (χ0v) is 14.9. The van der Waals surface area contributed by atoms with Gasteiger partial charge in [0.2, 0.25) is 11.7 Å². The number of halogens is 6. The molecule has 1 aliphatic rings. The SMILES string of the molecule is O=C1NCC(C(=O)N[C@@H](c2cnc(C(F)(F)F)nc2)c2ccc(F)c(Cl)c2F)N1. The van der Waals surface area contributed by atoms with E-state index in [0.717, 1.165) is 24.5 Å². The van der Waals surface area contributed by atoms with Gasteiger partial charge in [-0.25, -0.2) is 23.5 Å². The van der Waals surface area contributed by atoms with Gasteiger partial charge < -0.3 is 16.0 Å². The second-order valence-corrected chi connectivity index (χ2v) is 6.33. The van der Waals surface area contributed by atoms with E-state index in [9.17, 15) is 31.5 Å². The van der Waals surface area contributed by atoms with Crippen LogP contribution in [0.5, 0.6) is 0 Å². The van der Waals surface area contributed by atoms with Crippen molar-refractivity contribution >= 4 is 23.5 Å². The van der Waals surface area contributed by atoms with Gasteiger partial charge in [0.15, 0.2) is 0 Å². The van der Waals surface area contributed by atoms with E-state index in [1.807, 2.05) is 0 Å². The Bertz CT molecular complexity index is 954. The maximum atomic E-state index is 14.5. The van der Waals surface area contributed by atoms with E-state index in [4.69, 9.17) is 11.6 Å². The number of nitrogens with zero attached hydrogens (tertiary/aromatic N) is 2. The first-order valence-corrected chi connectivity index (χ1v) is 8.33. The molecule has 0 saturated carbocycles. The van der Waals surface area contributed by atoms with Crippen LogP contribution in [0.1, 0.15) is 23.0 Å². The van der Waals surface area contributed by atoms with E-state index in [2.05, 4.69) is 25.9 Å². The minimum atomic E-state index is -4.80. The molecule has 1 unspecified atom stereocenters. The molecule has 0 spiro atoms. The molecule has 2 atom stereocenters. The Labute approximate surface area is 164 Å². The number of alkyl halides is 3. The van der Waals surface area contributed by atoms with Crippen LogP contribution in [0, 0.1) is 11.6 Å². The summed E-state index contributed by atoms with van der Waals surface area (Å²) in [5.41, 5.74) is -0.449. The lowest BCUT2D eigenvalue weighted by atomic mass is 9.99. The molecule has 3 amide bonds. The number of hydrogen-bond donors (Lipinski definition) is 3. The van der Waals surface area contributed by atoms with Gasteiger partial charge >= 0.3 is 12.2 Å². The average molecular weight is 436 g/mol. The summed E-state index contributed by atoms with van der Waals surface area (Å²) in [7, 11) is 0. The van der Waals surface area contributed by atoms with Crippen LogP contribution in [0.3, 0.4) is 0 Å². The van der Waals surface area contributed by atoms with Gasteiger partial charge in [0.1, 0.15) is 22.7 Å². The van der Waals surface area contributed by atoms with Crippen molar-refractivity contribution in [2.24, 2.45) is 0 Å². The lowest BCUT2D eigenvalue weighted by Crippen LogP contribution is -2.44. The van der Waals surface area contributed by atoms with Gasteiger partial charge in [-0.1, -0.05) is 17.7 Å². The predicted molar refractivity (Wildman–Crippen MR) is 88.7 cm³/mol. The summed E-state index contributed by atoms with van der Waals surface area (Å²) in [6.07, 6.45) is -3.30. The number of benzene rings is 1. The molecule has 1 aromatic carbocycles. The van der Waals surface area contributed by atoms with Crippen LogP contribution in [0.15, 0.2) is 24.5 Å². The zero-order chi connectivity index (χ0) is 21.3. The second kappa shape index (κ2) is 7.78. The third-order valence-corrected chi connectivity index (χ3v) is 4.36. The van der Waals surface area contributed by atoms with E-state index in [1.54, 1.807) is 0 Å². The molecule has 1 aromatic heterocycles. The van der Waals surface area contributed by atoms with E-state index >= 15 is 0 Å². The first-order valence-electron chi connectivity index (χ1n) is 7.95. The molecular weight excluding hydrogens is 425 g/mol. The van der Waals surface area contributed by atoms with Crippen molar-refractivity contribution in [3.05, 3.63) is 58.1 Å². The van der Waals surface area contributed by atoms with Gasteiger partial charge in [-0.05, 0) is 6.07 Å². The van der Waals surface area contributed by atoms with E-state index < -0.39 is 52.7 Å². The number of hydrogen-bond acceptors (Lipinski definition) is 4. The number of rotatable bonds is 4. The Kier molecular flexibility index (Phi) is 5.55. The fourth-order valence-corrected chi connectivity index (χ4v) is 2.77. The third kappa shape index (κ3) is 4.36. The number of nitrogens with one attached hydrogen (secondary N) is 3. The van der Waals surface area contributed by atoms with Gasteiger partial charge in [-0.3, -0.25) is 4.79 Å². The molecular formula is C16H11ClF5N5O2. The Hall–Kier alpha value is -3.02. The quantitative estimate of drug-likeness (QED) is 0.507. The first-order chi connectivity index (χ1) is 13.6. The first kappa shape index (κ1) is 20.7. The van der Waals surface area contributed by atoms with Crippen molar-refractivity contribution in [3.63, 3.8) is 0 Å². The number of amides is 3. The van der Waals surface area contributed by atoms with Crippen LogP contribution in [-0.4, -0.2) is 34.5 Å². The molecule has 3 rings (SSSR count). The Morgan fingerprint density at radius 1 is 1.24 bits per heavy atom. The van der Waals surface area contributed by atoms with Crippen LogP contribution in [-0.2, 0) is 11.0 Å². The summed E-state index contributed by atoms with van der Waals surface area (Å²) in [6.45, 7) is -0.0620. The Balaban J connectivity index is 1.99. The summed E-state index contributed by atoms with van der Waals surface area (Å²) in [5, 5.41) is 6.18. The third-order valence-electron chi connectivity index (χ3n) is 4.01. The Morgan fingerprint density at radius 3 is 2.45 bits per heavy atom. The van der Waals surface area contributed by atoms with E-state index in [0.29, 0.717) is 0 Å². The largest absolute Gasteiger partial charge is 0.451 e. The van der Waals surface area contributed by atoms with E-state index in [-0.39, 0.29) is 17.7 Å². The summed E-state index contributed by atoms with van der Waals surface area (Å²) in [4.78, 5) is 30.0. The summed E-state index contributed by atoms with van der Waals surface area (Å²) in [6, 6.07) is -1.20. The molecule has 0 radical (unpaired) electrons. The molecule has 3 N–H and O–H groups in total. The zero-order valence-electron chi connectivity index (χ0n) is 14.1. The van der Waals surface area contributed by atoms with Gasteiger partial charge in [-0.2, -0.15) is 13.2 Å². The fourth-order valence-electron chi connectivity index (χ4n) is 2.59. The monoisotopic (exact) mass is 435 g/mol. The second-order valence-electron chi connectivity index (χ2n) is 5.95. The predicted octanol–water partition coefficient (Wildman–Crippen LogP) is 2.31. The summed E-state index contributed by atoms with van der Waals surface area (Å²) < 4.78 is 66.1. The summed E-state index contributed by atoms with van der Waals surface area (Å²) in [5.74, 6) is -4.48. The van der Waals surface area contributed by atoms with Crippen molar-refractivity contribution in [3.8, 4) is 0 Å². The molecule has 1 saturated heterocycles. The van der Waals surface area contributed by atoms with Crippen LogP contribution >= 0.6 is 11.6 Å². The van der Waals surface area contributed by atoms with Crippen molar-refractivity contribution in [1.82, 2.24) is 25.9 Å². The number of urea groups is 1. The van der Waals surface area contributed by atoms with Gasteiger partial charge in [0, 0.05) is 30.1 Å².